The van der Waals surface area contributed by atoms with Gasteiger partial charge in [0.05, 0.1) is 6.42 Å². The van der Waals surface area contributed by atoms with Crippen molar-refractivity contribution in [2.75, 3.05) is 6.54 Å². The van der Waals surface area contributed by atoms with Crippen molar-refractivity contribution in [3.63, 3.8) is 0 Å². The first-order valence-electron chi connectivity index (χ1n) is 8.15. The Morgan fingerprint density at radius 1 is 1.08 bits per heavy atom. The van der Waals surface area contributed by atoms with Crippen molar-refractivity contribution in [3.05, 3.63) is 35.9 Å². The molecule has 0 aliphatic heterocycles. The molecule has 25 heavy (non-hydrogen) atoms. The predicted molar refractivity (Wildman–Crippen MR) is 92.7 cm³/mol. The van der Waals surface area contributed by atoms with Crippen molar-refractivity contribution in [2.45, 2.75) is 52.4 Å². The van der Waals surface area contributed by atoms with E-state index in [1.165, 1.54) is 6.92 Å². The third-order valence-corrected chi connectivity index (χ3v) is 2.98. The van der Waals surface area contributed by atoms with Gasteiger partial charge in [0.15, 0.2) is 6.10 Å². The maximum absolute atomic E-state index is 11.9. The van der Waals surface area contributed by atoms with Gasteiger partial charge >= 0.3 is 12.1 Å². The number of alkyl carbamates (subject to hydrolysis) is 1. The van der Waals surface area contributed by atoms with Gasteiger partial charge < -0.3 is 20.1 Å². The van der Waals surface area contributed by atoms with E-state index in [1.54, 1.807) is 20.8 Å². The fraction of sp³-hybridized carbons (Fsp3) is 0.500. The van der Waals surface area contributed by atoms with E-state index in [9.17, 15) is 14.4 Å². The van der Waals surface area contributed by atoms with Gasteiger partial charge in [0.1, 0.15) is 5.60 Å². The molecule has 1 atom stereocenters. The van der Waals surface area contributed by atoms with Crippen molar-refractivity contribution >= 4 is 18.0 Å². The number of hydrogen-bond donors (Lipinski definition) is 2. The minimum absolute atomic E-state index is 0.0461. The average Bonchev–Trinajstić information content (AvgIpc) is 2.51. The lowest BCUT2D eigenvalue weighted by Crippen LogP contribution is -2.37. The lowest BCUT2D eigenvalue weighted by Gasteiger charge is -2.19. The molecule has 138 valence electrons. The normalized spacial score (nSPS) is 12.0. The summed E-state index contributed by atoms with van der Waals surface area (Å²) in [6.45, 7) is 7.18. The molecule has 1 unspecified atom stereocenters. The number of hydrogen-bond acceptors (Lipinski definition) is 5. The highest BCUT2D eigenvalue weighted by Crippen LogP contribution is 2.06. The van der Waals surface area contributed by atoms with E-state index < -0.39 is 23.8 Å². The van der Waals surface area contributed by atoms with E-state index >= 15 is 0 Å². The number of rotatable bonds is 7. The predicted octanol–water partition coefficient (Wildman–Crippen LogP) is 2.15. The Bertz CT molecular complexity index is 581. The van der Waals surface area contributed by atoms with Gasteiger partial charge in [0, 0.05) is 13.1 Å². The summed E-state index contributed by atoms with van der Waals surface area (Å²) in [5, 5.41) is 5.15. The molecule has 0 radical (unpaired) electrons. The fourth-order valence-electron chi connectivity index (χ4n) is 1.82. The van der Waals surface area contributed by atoms with Gasteiger partial charge in [-0.15, -0.1) is 0 Å². The minimum Gasteiger partial charge on any atom is -0.452 e. The number of carbonyl (C=O) groups excluding carboxylic acids is 3. The molecule has 0 saturated heterocycles. The molecule has 7 nitrogen and oxygen atoms in total. The van der Waals surface area contributed by atoms with Crippen LogP contribution in [0.2, 0.25) is 0 Å². The molecule has 0 bridgehead atoms. The quantitative estimate of drug-likeness (QED) is 0.735. The summed E-state index contributed by atoms with van der Waals surface area (Å²) in [5.74, 6) is -0.948. The number of benzene rings is 1. The van der Waals surface area contributed by atoms with Crippen LogP contribution in [0.1, 0.15) is 39.7 Å². The number of amides is 2. The maximum Gasteiger partial charge on any atom is 0.407 e. The van der Waals surface area contributed by atoms with E-state index in [0.29, 0.717) is 6.54 Å². The van der Waals surface area contributed by atoms with Crippen LogP contribution in [0.4, 0.5) is 4.79 Å². The first kappa shape index (κ1) is 20.5. The second-order valence-electron chi connectivity index (χ2n) is 6.51. The SMILES string of the molecule is CC(OC(=O)CCNC(=O)OC(C)(C)C)C(=O)NCc1ccccc1. The number of ether oxygens (including phenoxy) is 2. The molecule has 0 saturated carbocycles. The zero-order valence-electron chi connectivity index (χ0n) is 15.1. The van der Waals surface area contributed by atoms with Gasteiger partial charge in [0.25, 0.3) is 5.91 Å². The lowest BCUT2D eigenvalue weighted by atomic mass is 10.2. The van der Waals surface area contributed by atoms with Crippen molar-refractivity contribution in [1.29, 1.82) is 0 Å². The summed E-state index contributed by atoms with van der Waals surface area (Å²) in [5.41, 5.74) is 0.353. The third-order valence-electron chi connectivity index (χ3n) is 2.98. The lowest BCUT2D eigenvalue weighted by molar-refractivity contribution is -0.154. The smallest absolute Gasteiger partial charge is 0.407 e. The van der Waals surface area contributed by atoms with Gasteiger partial charge in [-0.2, -0.15) is 0 Å². The van der Waals surface area contributed by atoms with Crippen molar-refractivity contribution < 1.29 is 23.9 Å². The van der Waals surface area contributed by atoms with Crippen molar-refractivity contribution in [1.82, 2.24) is 10.6 Å². The van der Waals surface area contributed by atoms with E-state index in [1.807, 2.05) is 30.3 Å². The van der Waals surface area contributed by atoms with Gasteiger partial charge in [-0.1, -0.05) is 30.3 Å². The Kier molecular flexibility index (Phi) is 7.91. The standard InChI is InChI=1S/C18H26N2O5/c1-13(16(22)20-12-14-8-6-5-7-9-14)24-15(21)10-11-19-17(23)25-18(2,3)4/h5-9,13H,10-12H2,1-4H3,(H,19,23)(H,20,22). The maximum atomic E-state index is 11.9. The molecule has 1 aromatic carbocycles. The van der Waals surface area contributed by atoms with Gasteiger partial charge in [-0.25, -0.2) is 4.79 Å². The fourth-order valence-corrected chi connectivity index (χ4v) is 1.82. The highest BCUT2D eigenvalue weighted by molar-refractivity contribution is 5.83. The van der Waals surface area contributed by atoms with Crippen molar-refractivity contribution in [3.8, 4) is 0 Å². The van der Waals surface area contributed by atoms with Gasteiger partial charge in [-0.3, -0.25) is 9.59 Å². The highest BCUT2D eigenvalue weighted by atomic mass is 16.6. The molecular weight excluding hydrogens is 324 g/mol. The molecule has 1 aromatic rings. The molecule has 1 rings (SSSR count). The van der Waals surface area contributed by atoms with Crippen LogP contribution in [0.25, 0.3) is 0 Å². The molecule has 0 fully saturated rings. The van der Waals surface area contributed by atoms with Crippen LogP contribution in [0.15, 0.2) is 30.3 Å². The highest BCUT2D eigenvalue weighted by Gasteiger charge is 2.19. The Morgan fingerprint density at radius 2 is 1.72 bits per heavy atom. The Balaban J connectivity index is 2.24. The van der Waals surface area contributed by atoms with Crippen LogP contribution in [0, 0.1) is 0 Å². The Morgan fingerprint density at radius 3 is 2.32 bits per heavy atom. The van der Waals surface area contributed by atoms with Crippen molar-refractivity contribution in [2.24, 2.45) is 0 Å². The molecule has 2 amide bonds. The molecular formula is C18H26N2O5. The van der Waals surface area contributed by atoms with Gasteiger partial charge in [-0.05, 0) is 33.3 Å². The summed E-state index contributed by atoms with van der Waals surface area (Å²) >= 11 is 0. The number of esters is 1. The number of carbonyl (C=O) groups is 3. The first-order valence-corrected chi connectivity index (χ1v) is 8.15. The first-order chi connectivity index (χ1) is 11.7. The Hall–Kier alpha value is -2.57. The summed E-state index contributed by atoms with van der Waals surface area (Å²) in [6.07, 6.45) is -1.55. The summed E-state index contributed by atoms with van der Waals surface area (Å²) < 4.78 is 10.1. The topological polar surface area (TPSA) is 93.7 Å². The third kappa shape index (κ3) is 9.34. The van der Waals surface area contributed by atoms with E-state index in [-0.39, 0.29) is 18.9 Å². The van der Waals surface area contributed by atoms with E-state index in [2.05, 4.69) is 10.6 Å². The van der Waals surface area contributed by atoms with Crippen LogP contribution in [0.5, 0.6) is 0 Å². The van der Waals surface area contributed by atoms with E-state index in [4.69, 9.17) is 9.47 Å². The zero-order chi connectivity index (χ0) is 18.9. The largest absolute Gasteiger partial charge is 0.452 e. The summed E-state index contributed by atoms with van der Waals surface area (Å²) in [6, 6.07) is 9.42. The number of nitrogens with one attached hydrogen (secondary N) is 2. The molecule has 2 N–H and O–H groups in total. The Labute approximate surface area is 148 Å². The molecule has 0 aliphatic rings. The second-order valence-corrected chi connectivity index (χ2v) is 6.51. The zero-order valence-corrected chi connectivity index (χ0v) is 15.1. The second kappa shape index (κ2) is 9.66. The minimum atomic E-state index is -0.905. The van der Waals surface area contributed by atoms with Crippen LogP contribution in [-0.4, -0.2) is 36.2 Å². The van der Waals surface area contributed by atoms with E-state index in [0.717, 1.165) is 5.56 Å². The van der Waals surface area contributed by atoms with Crippen LogP contribution in [-0.2, 0) is 25.6 Å². The average molecular weight is 350 g/mol. The van der Waals surface area contributed by atoms with Crippen LogP contribution >= 0.6 is 0 Å². The van der Waals surface area contributed by atoms with Gasteiger partial charge in [0.2, 0.25) is 0 Å². The molecule has 0 aliphatic carbocycles. The molecule has 0 heterocycles. The molecule has 0 spiro atoms. The van der Waals surface area contributed by atoms with Crippen LogP contribution in [0.3, 0.4) is 0 Å². The monoisotopic (exact) mass is 350 g/mol. The summed E-state index contributed by atoms with van der Waals surface area (Å²) in [4.78, 5) is 35.1. The summed E-state index contributed by atoms with van der Waals surface area (Å²) in [7, 11) is 0. The molecule has 7 heteroatoms. The molecule has 0 aromatic heterocycles. The van der Waals surface area contributed by atoms with Crippen LogP contribution < -0.4 is 10.6 Å².